The van der Waals surface area contributed by atoms with Crippen molar-refractivity contribution < 1.29 is 14.2 Å². The van der Waals surface area contributed by atoms with Gasteiger partial charge in [-0.15, -0.1) is 0 Å². The second-order valence-corrected chi connectivity index (χ2v) is 5.53. The third-order valence-corrected chi connectivity index (χ3v) is 3.89. The van der Waals surface area contributed by atoms with Crippen LogP contribution in [0.3, 0.4) is 0 Å². The van der Waals surface area contributed by atoms with Gasteiger partial charge >= 0.3 is 0 Å². The minimum absolute atomic E-state index is 0.238. The van der Waals surface area contributed by atoms with Crippen molar-refractivity contribution in [2.75, 3.05) is 19.0 Å². The highest BCUT2D eigenvalue weighted by Crippen LogP contribution is 2.26. The number of aliphatic hydroxyl groups excluding tert-OH is 1. The molecule has 0 radical (unpaired) electrons. The minimum atomic E-state index is -0.829. The number of ether oxygens (including phenoxy) is 1. The van der Waals surface area contributed by atoms with Gasteiger partial charge in [0.1, 0.15) is 24.9 Å². The minimum Gasteiger partial charge on any atom is -0.399 e. The maximum atomic E-state index is 12.8. The molecule has 1 aliphatic heterocycles. The van der Waals surface area contributed by atoms with Crippen LogP contribution in [-0.4, -0.2) is 42.3 Å². The molecule has 0 amide bonds. The normalized spacial score (nSPS) is 23.9. The number of nitrogens with two attached hydrogens (primary N) is 1. The van der Waals surface area contributed by atoms with E-state index in [1.165, 1.54) is 0 Å². The van der Waals surface area contributed by atoms with Crippen LogP contribution in [0.2, 0.25) is 0 Å². The molecule has 4 nitrogen and oxygen atoms in total. The summed E-state index contributed by atoms with van der Waals surface area (Å²) < 4.78 is 18.5. The number of rotatable bonds is 5. The van der Waals surface area contributed by atoms with Crippen LogP contribution in [0.25, 0.3) is 0 Å². The van der Waals surface area contributed by atoms with E-state index >= 15 is 0 Å². The van der Waals surface area contributed by atoms with E-state index in [1.807, 2.05) is 54.6 Å². The molecule has 1 aromatic carbocycles. The van der Waals surface area contributed by atoms with Crippen molar-refractivity contribution in [2.24, 2.45) is 4.99 Å². The van der Waals surface area contributed by atoms with E-state index in [4.69, 9.17) is 20.6 Å². The third kappa shape index (κ3) is 3.41. The summed E-state index contributed by atoms with van der Waals surface area (Å²) in [6, 6.07) is 7.26. The van der Waals surface area contributed by atoms with Crippen LogP contribution in [-0.2, 0) is 4.74 Å². The van der Waals surface area contributed by atoms with Crippen LogP contribution in [0.15, 0.2) is 65.2 Å². The quantitative estimate of drug-likeness (QED) is 0.819. The molecule has 3 unspecified atom stereocenters. The molecule has 3 N–H and O–H groups in total. The highest BCUT2D eigenvalue weighted by molar-refractivity contribution is 6.10. The summed E-state index contributed by atoms with van der Waals surface area (Å²) in [4.78, 5) is 4.75. The molecule has 23 heavy (non-hydrogen) atoms. The fraction of sp³-hybridized carbons (Fsp3) is 0.278. The zero-order valence-corrected chi connectivity index (χ0v) is 12.6. The fourth-order valence-electron chi connectivity index (χ4n) is 2.63. The Morgan fingerprint density at radius 1 is 1.26 bits per heavy atom. The Kier molecular flexibility index (Phi) is 4.69. The van der Waals surface area contributed by atoms with E-state index in [0.29, 0.717) is 5.69 Å². The number of benzene rings is 1. The van der Waals surface area contributed by atoms with Gasteiger partial charge in [0.15, 0.2) is 0 Å². The lowest BCUT2D eigenvalue weighted by Gasteiger charge is -2.30. The largest absolute Gasteiger partial charge is 0.399 e. The third-order valence-electron chi connectivity index (χ3n) is 3.89. The van der Waals surface area contributed by atoms with Gasteiger partial charge < -0.3 is 15.6 Å². The van der Waals surface area contributed by atoms with E-state index in [-0.39, 0.29) is 12.6 Å². The molecule has 5 heteroatoms. The van der Waals surface area contributed by atoms with E-state index in [0.717, 1.165) is 16.8 Å². The smallest absolute Gasteiger partial charge is 0.118 e. The topological polar surface area (TPSA) is 67.8 Å². The summed E-state index contributed by atoms with van der Waals surface area (Å²) in [5.74, 6) is 0. The molecular weight excluding hydrogens is 295 g/mol. The van der Waals surface area contributed by atoms with Crippen molar-refractivity contribution in [3.63, 3.8) is 0 Å². The first-order valence-corrected chi connectivity index (χ1v) is 7.53. The van der Waals surface area contributed by atoms with Gasteiger partial charge in [-0.2, -0.15) is 0 Å². The first-order chi connectivity index (χ1) is 11.2. The second kappa shape index (κ2) is 6.89. The van der Waals surface area contributed by atoms with Crippen LogP contribution in [0.5, 0.6) is 0 Å². The fourth-order valence-corrected chi connectivity index (χ4v) is 2.63. The van der Waals surface area contributed by atoms with Crippen LogP contribution < -0.4 is 5.73 Å². The number of hydrogen-bond acceptors (Lipinski definition) is 4. The highest BCUT2D eigenvalue weighted by Gasteiger charge is 2.29. The van der Waals surface area contributed by atoms with Gasteiger partial charge in [-0.25, -0.2) is 4.39 Å². The van der Waals surface area contributed by atoms with Gasteiger partial charge in [0.25, 0.3) is 0 Å². The number of aliphatic imine (C=N–C) groups is 1. The summed E-state index contributed by atoms with van der Waals surface area (Å²) in [6.07, 6.45) is 8.40. The Morgan fingerprint density at radius 3 is 2.74 bits per heavy atom. The molecule has 0 saturated carbocycles. The number of halogens is 1. The SMILES string of the molecule is Nc1ccc(C2=NC3C(=CC=CC3OC(CO)CF)C=C2)cc1. The van der Waals surface area contributed by atoms with Gasteiger partial charge in [-0.3, -0.25) is 4.99 Å². The van der Waals surface area contributed by atoms with Crippen molar-refractivity contribution in [1.82, 2.24) is 0 Å². The van der Waals surface area contributed by atoms with Gasteiger partial charge in [0.05, 0.1) is 12.3 Å². The highest BCUT2D eigenvalue weighted by atomic mass is 19.1. The van der Waals surface area contributed by atoms with Crippen LogP contribution in [0.1, 0.15) is 5.56 Å². The molecule has 1 heterocycles. The average molecular weight is 314 g/mol. The monoisotopic (exact) mass is 314 g/mol. The van der Waals surface area contributed by atoms with Gasteiger partial charge in [0, 0.05) is 5.69 Å². The summed E-state index contributed by atoms with van der Waals surface area (Å²) in [5, 5.41) is 9.14. The maximum absolute atomic E-state index is 12.8. The number of hydrogen-bond donors (Lipinski definition) is 2. The van der Waals surface area contributed by atoms with Gasteiger partial charge in [-0.1, -0.05) is 36.4 Å². The van der Waals surface area contributed by atoms with Crippen molar-refractivity contribution in [2.45, 2.75) is 18.2 Å². The lowest BCUT2D eigenvalue weighted by molar-refractivity contribution is -0.0350. The Hall–Kier alpha value is -2.24. The summed E-state index contributed by atoms with van der Waals surface area (Å²) in [5.41, 5.74) is 9.22. The van der Waals surface area contributed by atoms with Crippen LogP contribution >= 0.6 is 0 Å². The number of nitrogens with zero attached hydrogens (tertiary/aromatic N) is 1. The first-order valence-electron chi connectivity index (χ1n) is 7.53. The van der Waals surface area contributed by atoms with Crippen molar-refractivity contribution >= 4 is 11.4 Å². The Morgan fingerprint density at radius 2 is 2.04 bits per heavy atom. The molecule has 0 aromatic heterocycles. The van der Waals surface area contributed by atoms with Crippen molar-refractivity contribution in [3.8, 4) is 0 Å². The number of aliphatic hydroxyl groups is 1. The lowest BCUT2D eigenvalue weighted by Crippen LogP contribution is -2.36. The number of dihydropyridines is 1. The molecule has 120 valence electrons. The molecule has 0 spiro atoms. The van der Waals surface area contributed by atoms with Crippen LogP contribution in [0, 0.1) is 0 Å². The first kappa shape index (κ1) is 15.6. The maximum Gasteiger partial charge on any atom is 0.118 e. The Labute approximate surface area is 134 Å². The van der Waals surface area contributed by atoms with E-state index in [1.54, 1.807) is 0 Å². The van der Waals surface area contributed by atoms with Gasteiger partial charge in [0.2, 0.25) is 0 Å². The number of allylic oxidation sites excluding steroid dienone is 3. The Bertz CT molecular complexity index is 673. The summed E-state index contributed by atoms with van der Waals surface area (Å²) in [6.45, 7) is -1.08. The molecule has 1 aliphatic carbocycles. The number of fused-ring (bicyclic) bond motifs is 1. The average Bonchev–Trinajstić information content (AvgIpc) is 2.60. The van der Waals surface area contributed by atoms with Crippen LogP contribution in [0.4, 0.5) is 10.1 Å². The molecule has 0 bridgehead atoms. The molecule has 3 rings (SSSR count). The van der Waals surface area contributed by atoms with Crippen molar-refractivity contribution in [3.05, 3.63) is 65.8 Å². The molecule has 3 atom stereocenters. The lowest BCUT2D eigenvalue weighted by atomic mass is 9.92. The summed E-state index contributed by atoms with van der Waals surface area (Å²) >= 11 is 0. The molecule has 0 saturated heterocycles. The van der Waals surface area contributed by atoms with Gasteiger partial charge in [-0.05, 0) is 29.3 Å². The predicted molar refractivity (Wildman–Crippen MR) is 89.3 cm³/mol. The number of anilines is 1. The molecule has 0 fully saturated rings. The standard InChI is InChI=1S/C18H19FN2O2/c19-10-15(11-22)23-17-3-1-2-13-6-9-16(21-18(13)17)12-4-7-14(20)8-5-12/h1-9,15,17-18,22H,10-11,20H2. The second-order valence-electron chi connectivity index (χ2n) is 5.53. The summed E-state index contributed by atoms with van der Waals surface area (Å²) in [7, 11) is 0. The number of nitrogen functional groups attached to an aromatic ring is 1. The zero-order valence-electron chi connectivity index (χ0n) is 12.6. The van der Waals surface area contributed by atoms with Crippen molar-refractivity contribution in [1.29, 1.82) is 0 Å². The molecular formula is C18H19FN2O2. The molecule has 2 aliphatic rings. The van der Waals surface area contributed by atoms with E-state index in [9.17, 15) is 4.39 Å². The zero-order chi connectivity index (χ0) is 16.2. The predicted octanol–water partition coefficient (Wildman–Crippen LogP) is 2.21. The van der Waals surface area contributed by atoms with E-state index in [2.05, 4.69) is 0 Å². The van der Waals surface area contributed by atoms with E-state index < -0.39 is 18.9 Å². The number of alkyl halides is 1. The molecule has 1 aromatic rings. The Balaban J connectivity index is 1.85.